The molecule has 0 unspecified atom stereocenters. The van der Waals surface area contributed by atoms with Crippen molar-refractivity contribution >= 4 is 64.1 Å². The summed E-state index contributed by atoms with van der Waals surface area (Å²) in [6.45, 7) is 0. The summed E-state index contributed by atoms with van der Waals surface area (Å²) >= 11 is 13.4. The average Bonchev–Trinajstić information content (AvgIpc) is 2.76. The maximum Gasteiger partial charge on any atom is 0.335 e. The molecule has 0 radical (unpaired) electrons. The van der Waals surface area contributed by atoms with Crippen molar-refractivity contribution in [3.63, 3.8) is 0 Å². The van der Waals surface area contributed by atoms with Crippen molar-refractivity contribution in [1.29, 1.82) is 0 Å². The van der Waals surface area contributed by atoms with Crippen molar-refractivity contribution in [1.82, 2.24) is 0 Å². The number of rotatable bonds is 8. The van der Waals surface area contributed by atoms with Gasteiger partial charge in [-0.25, -0.2) is 4.79 Å². The predicted octanol–water partition coefficient (Wildman–Crippen LogP) is 5.82. The fraction of sp³-hybridized carbons (Fsp3) is 0.0870. The molecule has 0 spiro atoms. The third kappa shape index (κ3) is 6.75. The molecule has 3 aromatic rings. The van der Waals surface area contributed by atoms with Crippen molar-refractivity contribution in [2.75, 3.05) is 16.4 Å². The Balaban J connectivity index is 1.53. The molecule has 3 rings (SSSR count). The monoisotopic (exact) mass is 488 g/mol. The zero-order valence-electron chi connectivity index (χ0n) is 16.6. The summed E-state index contributed by atoms with van der Waals surface area (Å²) < 4.78 is 0. The van der Waals surface area contributed by atoms with Gasteiger partial charge in [0.2, 0.25) is 5.91 Å². The number of benzene rings is 3. The molecule has 3 aromatic carbocycles. The first-order valence-corrected chi connectivity index (χ1v) is 11.3. The van der Waals surface area contributed by atoms with E-state index in [1.54, 1.807) is 36.4 Å². The largest absolute Gasteiger partial charge is 0.478 e. The number of nitrogens with one attached hydrogen (secondary N) is 2. The van der Waals surface area contributed by atoms with Gasteiger partial charge in [0.05, 0.1) is 11.3 Å². The third-order valence-corrected chi connectivity index (χ3v) is 5.87. The predicted molar refractivity (Wildman–Crippen MR) is 129 cm³/mol. The van der Waals surface area contributed by atoms with Crippen LogP contribution in [0.2, 0.25) is 10.0 Å². The molecule has 0 aromatic heterocycles. The molecular weight excluding hydrogens is 471 g/mol. The third-order valence-electron chi connectivity index (χ3n) is 4.30. The van der Waals surface area contributed by atoms with Gasteiger partial charge in [0.1, 0.15) is 0 Å². The summed E-state index contributed by atoms with van der Waals surface area (Å²) in [5.74, 6) is -0.851. The van der Waals surface area contributed by atoms with E-state index in [1.165, 1.54) is 36.0 Å². The molecule has 0 heterocycles. The number of carbonyl (C=O) groups excluding carboxylic acids is 2. The molecule has 0 aliphatic rings. The number of thioether (sulfide) groups is 1. The molecule has 2 amide bonds. The van der Waals surface area contributed by atoms with Crippen molar-refractivity contribution in [2.45, 2.75) is 5.75 Å². The molecule has 3 N–H and O–H groups in total. The maximum atomic E-state index is 12.5. The normalized spacial score (nSPS) is 10.4. The second-order valence-electron chi connectivity index (χ2n) is 6.69. The Labute approximate surface area is 198 Å². The minimum Gasteiger partial charge on any atom is -0.478 e. The van der Waals surface area contributed by atoms with Gasteiger partial charge in [0, 0.05) is 32.7 Å². The molecule has 0 atom stereocenters. The van der Waals surface area contributed by atoms with E-state index in [2.05, 4.69) is 10.6 Å². The number of hydrogen-bond donors (Lipinski definition) is 3. The van der Waals surface area contributed by atoms with Crippen molar-refractivity contribution < 1.29 is 19.5 Å². The number of halogens is 2. The molecule has 0 aliphatic heterocycles. The van der Waals surface area contributed by atoms with E-state index in [4.69, 9.17) is 28.3 Å². The van der Waals surface area contributed by atoms with E-state index in [1.807, 2.05) is 6.07 Å². The molecule has 0 bridgehead atoms. The van der Waals surface area contributed by atoms with E-state index in [9.17, 15) is 14.4 Å². The van der Waals surface area contributed by atoms with Gasteiger partial charge in [-0.15, -0.1) is 11.8 Å². The number of carbonyl (C=O) groups is 3. The molecule has 0 aliphatic carbocycles. The van der Waals surface area contributed by atoms with Gasteiger partial charge >= 0.3 is 5.97 Å². The van der Waals surface area contributed by atoms with Crippen molar-refractivity contribution in [3.05, 3.63) is 93.5 Å². The Kier molecular flexibility index (Phi) is 8.16. The van der Waals surface area contributed by atoms with Crippen LogP contribution in [0.1, 0.15) is 26.3 Å². The van der Waals surface area contributed by atoms with Gasteiger partial charge in [0.15, 0.2) is 0 Å². The summed E-state index contributed by atoms with van der Waals surface area (Å²) in [6.07, 6.45) is 0. The van der Waals surface area contributed by atoms with Crippen molar-refractivity contribution in [2.24, 2.45) is 0 Å². The van der Waals surface area contributed by atoms with Crippen LogP contribution in [0.4, 0.5) is 11.4 Å². The number of aromatic carboxylic acids is 1. The number of amides is 2. The van der Waals surface area contributed by atoms with Crippen LogP contribution in [0.25, 0.3) is 0 Å². The molecule has 0 saturated heterocycles. The Morgan fingerprint density at radius 1 is 0.844 bits per heavy atom. The van der Waals surface area contributed by atoms with Gasteiger partial charge in [-0.05, 0) is 60.2 Å². The van der Waals surface area contributed by atoms with Crippen LogP contribution in [0, 0.1) is 0 Å². The van der Waals surface area contributed by atoms with Gasteiger partial charge in [-0.3, -0.25) is 9.59 Å². The minimum atomic E-state index is -1.04. The van der Waals surface area contributed by atoms with Crippen LogP contribution in [-0.2, 0) is 10.5 Å². The smallest absolute Gasteiger partial charge is 0.335 e. The second-order valence-corrected chi connectivity index (χ2v) is 8.52. The standard InChI is InChI=1S/C23H18Cl2N2O4S/c24-17-7-4-16(20(25)11-17)12-32-13-21(28)26-19-3-1-2-15(10-19)22(29)27-18-8-5-14(6-9-18)23(30)31/h1-11H,12-13H2,(H,26,28)(H,27,29)(H,30,31). The zero-order valence-corrected chi connectivity index (χ0v) is 18.9. The highest BCUT2D eigenvalue weighted by molar-refractivity contribution is 7.99. The highest BCUT2D eigenvalue weighted by Gasteiger charge is 2.10. The second kappa shape index (κ2) is 11.0. The molecule has 9 heteroatoms. The van der Waals surface area contributed by atoms with Crippen LogP contribution in [-0.4, -0.2) is 28.6 Å². The molecule has 164 valence electrons. The number of carboxylic acids is 1. The zero-order chi connectivity index (χ0) is 23.1. The van der Waals surface area contributed by atoms with Crippen LogP contribution in [0.15, 0.2) is 66.7 Å². The van der Waals surface area contributed by atoms with Crippen LogP contribution >= 0.6 is 35.0 Å². The van der Waals surface area contributed by atoms with E-state index in [-0.39, 0.29) is 23.1 Å². The first-order chi connectivity index (χ1) is 15.3. The van der Waals surface area contributed by atoms with Crippen LogP contribution in [0.5, 0.6) is 0 Å². The fourth-order valence-electron chi connectivity index (χ4n) is 2.73. The Morgan fingerprint density at radius 2 is 1.59 bits per heavy atom. The molecule has 32 heavy (non-hydrogen) atoms. The Bertz CT molecular complexity index is 1150. The summed E-state index contributed by atoms with van der Waals surface area (Å²) in [5, 5.41) is 15.5. The molecule has 6 nitrogen and oxygen atoms in total. The lowest BCUT2D eigenvalue weighted by molar-refractivity contribution is -0.113. The van der Waals surface area contributed by atoms with Crippen LogP contribution < -0.4 is 10.6 Å². The summed E-state index contributed by atoms with van der Waals surface area (Å²) in [6, 6.07) is 17.6. The van der Waals surface area contributed by atoms with Gasteiger partial charge < -0.3 is 15.7 Å². The minimum absolute atomic E-state index is 0.129. The lowest BCUT2D eigenvalue weighted by atomic mass is 10.1. The van der Waals surface area contributed by atoms with E-state index in [0.29, 0.717) is 32.7 Å². The van der Waals surface area contributed by atoms with Gasteiger partial charge in [0.25, 0.3) is 5.91 Å². The van der Waals surface area contributed by atoms with E-state index >= 15 is 0 Å². The van der Waals surface area contributed by atoms with E-state index in [0.717, 1.165) is 5.56 Å². The highest BCUT2D eigenvalue weighted by Crippen LogP contribution is 2.25. The summed E-state index contributed by atoms with van der Waals surface area (Å²) in [4.78, 5) is 35.7. The topological polar surface area (TPSA) is 95.5 Å². The average molecular weight is 489 g/mol. The van der Waals surface area contributed by atoms with Crippen molar-refractivity contribution in [3.8, 4) is 0 Å². The van der Waals surface area contributed by atoms with Gasteiger partial charge in [-0.1, -0.05) is 35.3 Å². The lowest BCUT2D eigenvalue weighted by Gasteiger charge is -2.09. The highest BCUT2D eigenvalue weighted by atomic mass is 35.5. The number of anilines is 2. The maximum absolute atomic E-state index is 12.5. The Morgan fingerprint density at radius 3 is 2.28 bits per heavy atom. The Hall–Kier alpha value is -3.00. The quantitative estimate of drug-likeness (QED) is 0.371. The number of hydrogen-bond acceptors (Lipinski definition) is 4. The van der Waals surface area contributed by atoms with E-state index < -0.39 is 5.97 Å². The molecular formula is C23H18Cl2N2O4S. The van der Waals surface area contributed by atoms with Gasteiger partial charge in [-0.2, -0.15) is 0 Å². The number of carboxylic acid groups (broad SMARTS) is 1. The first-order valence-electron chi connectivity index (χ1n) is 9.38. The summed E-state index contributed by atoms with van der Waals surface area (Å²) in [7, 11) is 0. The SMILES string of the molecule is O=C(CSCc1ccc(Cl)cc1Cl)Nc1cccc(C(=O)Nc2ccc(C(=O)O)cc2)c1. The molecule has 0 fully saturated rings. The first kappa shape index (κ1) is 23.7. The summed E-state index contributed by atoms with van der Waals surface area (Å²) in [5.41, 5.74) is 2.33. The van der Waals surface area contributed by atoms with Crippen LogP contribution in [0.3, 0.4) is 0 Å². The molecule has 0 saturated carbocycles. The lowest BCUT2D eigenvalue weighted by Crippen LogP contribution is -2.16. The fourth-order valence-corrected chi connectivity index (χ4v) is 4.11.